The number of hydrogen-bond donors (Lipinski definition) is 1. The van der Waals surface area contributed by atoms with Gasteiger partial charge in [-0.2, -0.15) is 0 Å². The van der Waals surface area contributed by atoms with Crippen molar-refractivity contribution in [1.29, 1.82) is 0 Å². The molecule has 60 heavy (non-hydrogen) atoms. The summed E-state index contributed by atoms with van der Waals surface area (Å²) in [5.74, 6) is -4.19. The topological polar surface area (TPSA) is 179 Å². The number of hydrogen-bond acceptors (Lipinski definition) is 14. The van der Waals surface area contributed by atoms with Gasteiger partial charge in [0.25, 0.3) is 0 Å². The molecule has 5 aromatic carbocycles. The molecule has 5 aromatic rings. The molecule has 2 fully saturated rings. The van der Waals surface area contributed by atoms with Gasteiger partial charge in [0.1, 0.15) is 0 Å². The molecule has 14 heteroatoms. The minimum absolute atomic E-state index is 0.101. The maximum absolute atomic E-state index is 13.8. The lowest BCUT2D eigenvalue weighted by Gasteiger charge is -2.46. The Hall–Kier alpha value is -6.71. The van der Waals surface area contributed by atoms with E-state index in [4.69, 9.17) is 37.9 Å². The third-order valence-corrected chi connectivity index (χ3v) is 9.70. The highest BCUT2D eigenvalue weighted by Crippen LogP contribution is 2.34. The van der Waals surface area contributed by atoms with E-state index in [1.165, 1.54) is 67.6 Å². The van der Waals surface area contributed by atoms with Crippen LogP contribution in [0.4, 0.5) is 0 Å². The van der Waals surface area contributed by atoms with Gasteiger partial charge in [0.15, 0.2) is 49.2 Å². The van der Waals surface area contributed by atoms with Crippen LogP contribution >= 0.6 is 0 Å². The quantitative estimate of drug-likeness (QED) is 0.122. The highest BCUT2D eigenvalue weighted by atomic mass is 16.8. The molecule has 0 unspecified atom stereocenters. The van der Waals surface area contributed by atoms with E-state index >= 15 is 0 Å². The molecule has 0 amide bonds. The zero-order chi connectivity index (χ0) is 42.0. The lowest BCUT2D eigenvalue weighted by Crippen LogP contribution is -2.64. The Labute approximate surface area is 344 Å². The third kappa shape index (κ3) is 9.93. The summed E-state index contributed by atoms with van der Waals surface area (Å²) in [6.45, 7) is 1.10. The Bertz CT molecular complexity index is 2220. The fourth-order valence-corrected chi connectivity index (χ4v) is 6.65. The minimum atomic E-state index is -1.84. The maximum Gasteiger partial charge on any atom is 0.338 e. The molecule has 308 valence electrons. The van der Waals surface area contributed by atoms with Gasteiger partial charge in [0.2, 0.25) is 0 Å². The summed E-state index contributed by atoms with van der Waals surface area (Å²) in [6.07, 6.45) is -14.0. The van der Waals surface area contributed by atoms with Crippen LogP contribution in [0.1, 0.15) is 58.7 Å². The molecular weight excluding hydrogens is 776 g/mol. The van der Waals surface area contributed by atoms with Gasteiger partial charge in [-0.15, -0.1) is 0 Å². The summed E-state index contributed by atoms with van der Waals surface area (Å²) in [5.41, 5.74) is 0.729. The first-order chi connectivity index (χ1) is 29.2. The molecular formula is C46H40O14. The fraction of sp³-hybridized carbons (Fsp3) is 0.239. The summed E-state index contributed by atoms with van der Waals surface area (Å²) >= 11 is 0. The van der Waals surface area contributed by atoms with Crippen LogP contribution in [-0.4, -0.2) is 96.9 Å². The number of aliphatic hydroxyl groups excluding tert-OH is 1. The number of rotatable bonds is 12. The Morgan fingerprint density at radius 3 is 1.18 bits per heavy atom. The molecule has 0 radical (unpaired) electrons. The van der Waals surface area contributed by atoms with Crippen LogP contribution in [0.25, 0.3) is 0 Å². The van der Waals surface area contributed by atoms with Crippen LogP contribution in [0.3, 0.4) is 0 Å². The zero-order valence-corrected chi connectivity index (χ0v) is 32.1. The first-order valence-electron chi connectivity index (χ1n) is 19.1. The number of carbonyl (C=O) groups excluding carboxylic acids is 5. The third-order valence-electron chi connectivity index (χ3n) is 9.70. The van der Waals surface area contributed by atoms with E-state index in [9.17, 15) is 29.1 Å². The molecule has 1 N–H and O–H groups in total. The molecule has 0 aliphatic carbocycles. The number of carbonyl (C=O) groups is 5. The van der Waals surface area contributed by atoms with E-state index in [1.807, 2.05) is 0 Å². The highest BCUT2D eigenvalue weighted by molar-refractivity contribution is 5.92. The Balaban J connectivity index is 1.26. The smallest absolute Gasteiger partial charge is 0.338 e. The molecule has 9 atom stereocenters. The molecule has 0 bridgehead atoms. The summed E-state index contributed by atoms with van der Waals surface area (Å²) in [5, 5.41) is 11.4. The Morgan fingerprint density at radius 1 is 0.450 bits per heavy atom. The van der Waals surface area contributed by atoms with Gasteiger partial charge in [-0.1, -0.05) is 91.0 Å². The van der Waals surface area contributed by atoms with Crippen molar-refractivity contribution in [1.82, 2.24) is 0 Å². The lowest BCUT2D eigenvalue weighted by atomic mass is 9.97. The molecule has 2 heterocycles. The van der Waals surface area contributed by atoms with Crippen LogP contribution in [0.15, 0.2) is 152 Å². The second-order valence-electron chi connectivity index (χ2n) is 13.8. The van der Waals surface area contributed by atoms with Gasteiger partial charge in [-0.3, -0.25) is 0 Å². The summed E-state index contributed by atoms with van der Waals surface area (Å²) in [7, 11) is 0. The van der Waals surface area contributed by atoms with E-state index in [0.29, 0.717) is 0 Å². The monoisotopic (exact) mass is 816 g/mol. The van der Waals surface area contributed by atoms with Crippen molar-refractivity contribution >= 4 is 29.8 Å². The standard InChI is InChI=1S/C46H40O14/c1-28-35(56-41(48)30-19-9-3-10-20-30)37(58-43(50)32-23-13-5-14-24-32)39(59-44(51)33-25-15-6-16-26-33)46(54-28)60-38-36(57-42(49)31-21-11-4-12-22-31)34(27-53-45(38)52)55-40(47)29-17-7-2-8-18-29/h2-26,28,34-39,45-46,52H,27H2,1H3/t28-,34-,35-,36-,37+,38+,39+,45+,46-/m0/s1. The Kier molecular flexibility index (Phi) is 13.4. The second-order valence-corrected chi connectivity index (χ2v) is 13.8. The molecule has 2 aliphatic rings. The molecule has 0 spiro atoms. The highest BCUT2D eigenvalue weighted by Gasteiger charge is 2.55. The summed E-state index contributed by atoms with van der Waals surface area (Å²) < 4.78 is 48.1. The van der Waals surface area contributed by atoms with E-state index < -0.39 is 91.8 Å². The second kappa shape index (κ2) is 19.4. The normalized spacial score (nSPS) is 24.9. The average Bonchev–Trinajstić information content (AvgIpc) is 3.29. The molecule has 0 aromatic heterocycles. The van der Waals surface area contributed by atoms with Crippen LogP contribution in [0.2, 0.25) is 0 Å². The SMILES string of the molecule is C[C@@H]1O[C@@H](O[C@@H]2[C@@H](OC(=O)c3ccccc3)[C@@H](OC(=O)c3ccccc3)CO[C@H]2O)[C@H](OC(=O)c2ccccc2)[C@H](OC(=O)c2ccccc2)[C@H]1OC(=O)c1ccccc1. The molecule has 14 nitrogen and oxygen atoms in total. The first-order valence-corrected chi connectivity index (χ1v) is 19.1. The minimum Gasteiger partial charge on any atom is -0.452 e. The van der Waals surface area contributed by atoms with Crippen molar-refractivity contribution in [3.05, 3.63) is 179 Å². The van der Waals surface area contributed by atoms with E-state index in [2.05, 4.69) is 0 Å². The lowest BCUT2D eigenvalue weighted by molar-refractivity contribution is -0.345. The predicted molar refractivity (Wildman–Crippen MR) is 209 cm³/mol. The average molecular weight is 817 g/mol. The van der Waals surface area contributed by atoms with Gasteiger partial charge in [-0.25, -0.2) is 24.0 Å². The van der Waals surface area contributed by atoms with Crippen LogP contribution in [0.5, 0.6) is 0 Å². The van der Waals surface area contributed by atoms with Gasteiger partial charge in [0, 0.05) is 0 Å². The van der Waals surface area contributed by atoms with E-state index in [0.717, 1.165) is 0 Å². The molecule has 2 saturated heterocycles. The van der Waals surface area contributed by atoms with Gasteiger partial charge in [0.05, 0.1) is 40.5 Å². The van der Waals surface area contributed by atoms with Crippen LogP contribution in [0, 0.1) is 0 Å². The number of esters is 5. The maximum atomic E-state index is 13.8. The molecule has 0 saturated carbocycles. The van der Waals surface area contributed by atoms with Gasteiger partial charge >= 0.3 is 29.8 Å². The molecule has 2 aliphatic heterocycles. The van der Waals surface area contributed by atoms with Crippen molar-refractivity contribution < 1.29 is 67.0 Å². The van der Waals surface area contributed by atoms with Crippen LogP contribution < -0.4 is 0 Å². The van der Waals surface area contributed by atoms with E-state index in [1.54, 1.807) is 91.0 Å². The summed E-state index contributed by atoms with van der Waals surface area (Å²) in [4.78, 5) is 68.1. The molecule has 7 rings (SSSR count). The van der Waals surface area contributed by atoms with Crippen molar-refractivity contribution in [2.45, 2.75) is 62.2 Å². The first kappa shape index (κ1) is 41.4. The summed E-state index contributed by atoms with van der Waals surface area (Å²) in [6, 6.07) is 39.9. The fourth-order valence-electron chi connectivity index (χ4n) is 6.65. The van der Waals surface area contributed by atoms with Gasteiger partial charge in [-0.05, 0) is 67.6 Å². The van der Waals surface area contributed by atoms with Crippen molar-refractivity contribution in [2.24, 2.45) is 0 Å². The number of benzene rings is 5. The predicted octanol–water partition coefficient (Wildman–Crippen LogP) is 5.59. The van der Waals surface area contributed by atoms with Crippen molar-refractivity contribution in [2.75, 3.05) is 6.61 Å². The number of ether oxygens (including phenoxy) is 8. The zero-order valence-electron chi connectivity index (χ0n) is 32.1. The van der Waals surface area contributed by atoms with E-state index in [-0.39, 0.29) is 27.8 Å². The largest absolute Gasteiger partial charge is 0.452 e. The van der Waals surface area contributed by atoms with Gasteiger partial charge < -0.3 is 43.0 Å². The van der Waals surface area contributed by atoms with Crippen molar-refractivity contribution in [3.8, 4) is 0 Å². The number of aliphatic hydroxyl groups is 1. The Morgan fingerprint density at radius 2 is 0.783 bits per heavy atom. The van der Waals surface area contributed by atoms with Crippen molar-refractivity contribution in [3.63, 3.8) is 0 Å². The van der Waals surface area contributed by atoms with Crippen LogP contribution in [-0.2, 0) is 37.9 Å².